The Kier molecular flexibility index (Phi) is 6.62. The predicted octanol–water partition coefficient (Wildman–Crippen LogP) is 4.13. The zero-order chi connectivity index (χ0) is 23.7. The number of amides is 1. The summed E-state index contributed by atoms with van der Waals surface area (Å²) in [7, 11) is -3.71. The molecule has 34 heavy (non-hydrogen) atoms. The van der Waals surface area contributed by atoms with Gasteiger partial charge in [-0.15, -0.1) is 0 Å². The number of rotatable bonds is 4. The van der Waals surface area contributed by atoms with Crippen LogP contribution in [-0.4, -0.2) is 62.3 Å². The Bertz CT molecular complexity index is 1130. The molecule has 0 N–H and O–H groups in total. The summed E-state index contributed by atoms with van der Waals surface area (Å²) in [5, 5.41) is 0. The van der Waals surface area contributed by atoms with E-state index >= 15 is 0 Å². The zero-order valence-electron chi connectivity index (χ0n) is 19.4. The number of anilines is 1. The molecule has 2 aromatic carbocycles. The van der Waals surface area contributed by atoms with E-state index in [2.05, 4.69) is 4.90 Å². The third kappa shape index (κ3) is 4.58. The second-order valence-electron chi connectivity index (χ2n) is 9.65. The largest absolute Gasteiger partial charge is 0.369 e. The molecule has 2 aromatic rings. The van der Waals surface area contributed by atoms with E-state index in [-0.39, 0.29) is 22.7 Å². The molecule has 182 valence electrons. The zero-order valence-corrected chi connectivity index (χ0v) is 20.2. The highest BCUT2D eigenvalue weighted by Gasteiger charge is 2.36. The van der Waals surface area contributed by atoms with Crippen molar-refractivity contribution in [2.24, 2.45) is 5.92 Å². The lowest BCUT2D eigenvalue weighted by Gasteiger charge is -2.44. The molecule has 6 nitrogen and oxygen atoms in total. The van der Waals surface area contributed by atoms with Crippen LogP contribution in [0.25, 0.3) is 0 Å². The van der Waals surface area contributed by atoms with Crippen LogP contribution >= 0.6 is 0 Å². The molecule has 2 heterocycles. The van der Waals surface area contributed by atoms with Crippen molar-refractivity contribution < 1.29 is 17.6 Å². The van der Waals surface area contributed by atoms with Crippen LogP contribution < -0.4 is 4.90 Å². The van der Waals surface area contributed by atoms with E-state index in [0.29, 0.717) is 37.7 Å². The highest BCUT2D eigenvalue weighted by atomic mass is 32.2. The highest BCUT2D eigenvalue weighted by Crippen LogP contribution is 2.36. The maximum Gasteiger partial charge on any atom is 0.254 e. The van der Waals surface area contributed by atoms with E-state index in [1.54, 1.807) is 36.4 Å². The summed E-state index contributed by atoms with van der Waals surface area (Å²) in [6.45, 7) is 2.49. The van der Waals surface area contributed by atoms with Crippen molar-refractivity contribution in [1.29, 1.82) is 0 Å². The molecule has 2 atom stereocenters. The van der Waals surface area contributed by atoms with Crippen LogP contribution in [0, 0.1) is 11.7 Å². The first-order valence-corrected chi connectivity index (χ1v) is 13.8. The molecular formula is C26H32FN3O3S. The molecule has 1 amide bonds. The third-order valence-electron chi connectivity index (χ3n) is 7.65. The quantitative estimate of drug-likeness (QED) is 0.653. The van der Waals surface area contributed by atoms with Gasteiger partial charge in [-0.3, -0.25) is 4.79 Å². The number of piperazine rings is 1. The number of carbonyl (C=O) groups is 1. The molecule has 1 aliphatic carbocycles. The van der Waals surface area contributed by atoms with Gasteiger partial charge in [0, 0.05) is 50.0 Å². The summed E-state index contributed by atoms with van der Waals surface area (Å²) in [6, 6.07) is 13.1. The number of sulfonamides is 1. The van der Waals surface area contributed by atoms with Gasteiger partial charge in [0.2, 0.25) is 10.0 Å². The molecule has 0 unspecified atom stereocenters. The second kappa shape index (κ2) is 9.66. The highest BCUT2D eigenvalue weighted by molar-refractivity contribution is 7.89. The summed E-state index contributed by atoms with van der Waals surface area (Å²) in [6.07, 6.45) is 6.84. The Balaban J connectivity index is 1.29. The number of halogens is 1. The van der Waals surface area contributed by atoms with Crippen molar-refractivity contribution in [3.8, 4) is 0 Å². The Morgan fingerprint density at radius 2 is 1.56 bits per heavy atom. The minimum absolute atomic E-state index is 0.0465. The maximum atomic E-state index is 13.4. The predicted molar refractivity (Wildman–Crippen MR) is 130 cm³/mol. The fourth-order valence-corrected chi connectivity index (χ4v) is 7.29. The number of hydrogen-bond donors (Lipinski definition) is 0. The Hall–Kier alpha value is -2.45. The van der Waals surface area contributed by atoms with Gasteiger partial charge in [-0.2, -0.15) is 4.31 Å². The van der Waals surface area contributed by atoms with Gasteiger partial charge in [-0.25, -0.2) is 12.8 Å². The minimum Gasteiger partial charge on any atom is -0.369 e. The first-order valence-electron chi connectivity index (χ1n) is 12.4. The van der Waals surface area contributed by atoms with Gasteiger partial charge in [-0.1, -0.05) is 18.9 Å². The summed E-state index contributed by atoms with van der Waals surface area (Å²) < 4.78 is 41.5. The molecular weight excluding hydrogens is 453 g/mol. The van der Waals surface area contributed by atoms with E-state index in [1.807, 2.05) is 4.90 Å². The SMILES string of the molecule is O=C(c1cccc(S(=O)(=O)N2CCN(c3ccc(F)cc3)CC2)c1)N1CCC[C@H]2CCCC[C@H]21. The first kappa shape index (κ1) is 23.3. The molecule has 1 saturated carbocycles. The van der Waals surface area contributed by atoms with E-state index in [1.165, 1.54) is 35.7 Å². The number of nitrogens with zero attached hydrogens (tertiary/aromatic N) is 3. The summed E-state index contributed by atoms with van der Waals surface area (Å²) >= 11 is 0. The van der Waals surface area contributed by atoms with Crippen LogP contribution in [0.15, 0.2) is 53.4 Å². The van der Waals surface area contributed by atoms with Gasteiger partial charge in [0.25, 0.3) is 5.91 Å². The molecule has 2 aliphatic heterocycles. The summed E-state index contributed by atoms with van der Waals surface area (Å²) in [5.41, 5.74) is 1.34. The normalized spacial score (nSPS) is 24.0. The van der Waals surface area contributed by atoms with E-state index in [4.69, 9.17) is 0 Å². The van der Waals surface area contributed by atoms with Crippen LogP contribution in [-0.2, 0) is 10.0 Å². The van der Waals surface area contributed by atoms with Crippen LogP contribution in [0.5, 0.6) is 0 Å². The van der Waals surface area contributed by atoms with E-state index < -0.39 is 10.0 Å². The minimum atomic E-state index is -3.71. The van der Waals surface area contributed by atoms with Gasteiger partial charge in [-0.05, 0) is 74.1 Å². The van der Waals surface area contributed by atoms with Crippen molar-refractivity contribution in [3.05, 3.63) is 59.9 Å². The molecule has 0 bridgehead atoms. The number of benzene rings is 2. The third-order valence-corrected chi connectivity index (χ3v) is 9.55. The maximum absolute atomic E-state index is 13.4. The van der Waals surface area contributed by atoms with Crippen LogP contribution in [0.4, 0.5) is 10.1 Å². The Morgan fingerprint density at radius 1 is 0.853 bits per heavy atom. The smallest absolute Gasteiger partial charge is 0.254 e. The second-order valence-corrected chi connectivity index (χ2v) is 11.6. The number of piperidine rings is 1. The Labute approximate surface area is 201 Å². The first-order chi connectivity index (χ1) is 16.4. The number of likely N-dealkylation sites (tertiary alicyclic amines) is 1. The van der Waals surface area contributed by atoms with Crippen molar-refractivity contribution in [3.63, 3.8) is 0 Å². The summed E-state index contributed by atoms with van der Waals surface area (Å²) in [4.78, 5) is 17.6. The van der Waals surface area contributed by atoms with Crippen molar-refractivity contribution in [1.82, 2.24) is 9.21 Å². The van der Waals surface area contributed by atoms with Crippen molar-refractivity contribution >= 4 is 21.6 Å². The summed E-state index contributed by atoms with van der Waals surface area (Å²) in [5.74, 6) is 0.244. The molecule has 2 saturated heterocycles. The van der Waals surface area contributed by atoms with Crippen molar-refractivity contribution in [2.75, 3.05) is 37.6 Å². The number of hydrogen-bond acceptors (Lipinski definition) is 4. The van der Waals surface area contributed by atoms with Gasteiger partial charge in [0.15, 0.2) is 0 Å². The van der Waals surface area contributed by atoms with Gasteiger partial charge >= 0.3 is 0 Å². The van der Waals surface area contributed by atoms with Crippen molar-refractivity contribution in [2.45, 2.75) is 49.5 Å². The van der Waals surface area contributed by atoms with Gasteiger partial charge < -0.3 is 9.80 Å². The number of fused-ring (bicyclic) bond motifs is 1. The molecule has 0 spiro atoms. The lowest BCUT2D eigenvalue weighted by atomic mass is 9.78. The van der Waals surface area contributed by atoms with Crippen LogP contribution in [0.2, 0.25) is 0 Å². The van der Waals surface area contributed by atoms with Crippen LogP contribution in [0.3, 0.4) is 0 Å². The molecule has 8 heteroatoms. The number of carbonyl (C=O) groups excluding carboxylic acids is 1. The standard InChI is InChI=1S/C26H32FN3O3S/c27-22-10-12-23(13-11-22)28-15-17-29(18-16-28)34(32,33)24-8-3-6-21(19-24)26(31)30-14-4-7-20-5-1-2-9-25(20)30/h3,6,8,10-13,19-20,25H,1-2,4-5,7,9,14-18H2/t20-,25-/m1/s1. The lowest BCUT2D eigenvalue weighted by Crippen LogP contribution is -2.49. The topological polar surface area (TPSA) is 60.9 Å². The van der Waals surface area contributed by atoms with Crippen LogP contribution in [0.1, 0.15) is 48.9 Å². The lowest BCUT2D eigenvalue weighted by molar-refractivity contribution is 0.0390. The molecule has 5 rings (SSSR count). The molecule has 0 radical (unpaired) electrons. The Morgan fingerprint density at radius 3 is 2.32 bits per heavy atom. The monoisotopic (exact) mass is 485 g/mol. The molecule has 3 fully saturated rings. The average Bonchev–Trinajstić information content (AvgIpc) is 2.88. The van der Waals surface area contributed by atoms with Gasteiger partial charge in [0.1, 0.15) is 5.82 Å². The average molecular weight is 486 g/mol. The molecule has 3 aliphatic rings. The molecule has 0 aromatic heterocycles. The van der Waals surface area contributed by atoms with E-state index in [0.717, 1.165) is 31.5 Å². The fourth-order valence-electron chi connectivity index (χ4n) is 5.82. The van der Waals surface area contributed by atoms with E-state index in [9.17, 15) is 17.6 Å². The van der Waals surface area contributed by atoms with Gasteiger partial charge in [0.05, 0.1) is 4.90 Å². The fraction of sp³-hybridized carbons (Fsp3) is 0.500.